The zero-order valence-corrected chi connectivity index (χ0v) is 13.0. The monoisotopic (exact) mass is 316 g/mol. The Hall–Kier alpha value is -1.59. The molecule has 0 bridgehead atoms. The van der Waals surface area contributed by atoms with Crippen LogP contribution in [-0.2, 0) is 4.79 Å². The van der Waals surface area contributed by atoms with Crippen molar-refractivity contribution < 1.29 is 4.79 Å². The summed E-state index contributed by atoms with van der Waals surface area (Å²) in [4.78, 5) is 13.4. The van der Waals surface area contributed by atoms with E-state index < -0.39 is 0 Å². The average molecular weight is 316 g/mol. The van der Waals surface area contributed by atoms with Crippen LogP contribution in [0.15, 0.2) is 58.3 Å². The Morgan fingerprint density at radius 3 is 2.86 bits per heavy atom. The van der Waals surface area contributed by atoms with Crippen LogP contribution in [0.3, 0.4) is 0 Å². The molecule has 0 saturated heterocycles. The molecule has 3 N–H and O–H groups in total. The number of carbonyl (C=O) groups is 1. The predicted octanol–water partition coefficient (Wildman–Crippen LogP) is 3.52. The maximum atomic E-state index is 11.0. The highest BCUT2D eigenvalue weighted by molar-refractivity contribution is 8.00. The number of para-hydroxylation sites is 1. The van der Waals surface area contributed by atoms with E-state index in [1.54, 1.807) is 0 Å². The largest absolute Gasteiger partial charge is 0.376 e. The van der Waals surface area contributed by atoms with Crippen LogP contribution in [0.4, 0.5) is 5.69 Å². The highest BCUT2D eigenvalue weighted by Crippen LogP contribution is 2.40. The van der Waals surface area contributed by atoms with Crippen LogP contribution >= 0.6 is 23.5 Å². The van der Waals surface area contributed by atoms with Crippen LogP contribution in [0.5, 0.6) is 0 Å². The molecule has 1 atom stereocenters. The number of fused-ring (bicyclic) bond motifs is 1. The Kier molecular flexibility index (Phi) is 4.41. The van der Waals surface area contributed by atoms with Crippen LogP contribution < -0.4 is 11.1 Å². The molecular weight excluding hydrogens is 300 g/mol. The van der Waals surface area contributed by atoms with E-state index in [0.29, 0.717) is 11.8 Å². The summed E-state index contributed by atoms with van der Waals surface area (Å²) in [5.74, 6) is 1.03. The van der Waals surface area contributed by atoms with Gasteiger partial charge in [0.1, 0.15) is 0 Å². The molecule has 0 aromatic heterocycles. The summed E-state index contributed by atoms with van der Waals surface area (Å²) >= 11 is 3.35. The van der Waals surface area contributed by atoms with Crippen LogP contribution in [0.1, 0.15) is 11.6 Å². The first-order valence-corrected chi connectivity index (χ1v) is 8.69. The van der Waals surface area contributed by atoms with Crippen molar-refractivity contribution in [3.63, 3.8) is 0 Å². The molecule has 0 fully saturated rings. The van der Waals surface area contributed by atoms with Gasteiger partial charge in [-0.25, -0.2) is 0 Å². The summed E-state index contributed by atoms with van der Waals surface area (Å²) in [5.41, 5.74) is 7.64. The Bertz CT molecular complexity index is 660. The van der Waals surface area contributed by atoms with Crippen LogP contribution in [-0.4, -0.2) is 17.4 Å². The van der Waals surface area contributed by atoms with Crippen LogP contribution in [0.25, 0.3) is 0 Å². The number of nitrogens with two attached hydrogens (primary N) is 1. The van der Waals surface area contributed by atoms with Gasteiger partial charge < -0.3 is 11.1 Å². The van der Waals surface area contributed by atoms with E-state index >= 15 is 0 Å². The molecule has 5 heteroatoms. The van der Waals surface area contributed by atoms with E-state index in [-0.39, 0.29) is 5.91 Å². The number of hydrogen-bond donors (Lipinski definition) is 2. The molecule has 1 aliphatic heterocycles. The number of anilines is 1. The Morgan fingerprint density at radius 1 is 1.24 bits per heavy atom. The summed E-state index contributed by atoms with van der Waals surface area (Å²) in [5, 5.41) is 3.60. The van der Waals surface area contributed by atoms with Crippen molar-refractivity contribution >= 4 is 35.1 Å². The van der Waals surface area contributed by atoms with E-state index in [0.717, 1.165) is 16.3 Å². The summed E-state index contributed by atoms with van der Waals surface area (Å²) in [7, 11) is 0. The van der Waals surface area contributed by atoms with Gasteiger partial charge in [0.25, 0.3) is 0 Å². The number of rotatable bonds is 5. The molecule has 0 spiro atoms. The highest BCUT2D eigenvalue weighted by Gasteiger charge is 2.23. The second-order valence-electron chi connectivity index (χ2n) is 4.80. The first kappa shape index (κ1) is 14.4. The lowest BCUT2D eigenvalue weighted by molar-refractivity contribution is -0.115. The molecule has 1 unspecified atom stereocenters. The van der Waals surface area contributed by atoms with Crippen molar-refractivity contribution in [1.82, 2.24) is 0 Å². The number of amides is 1. The summed E-state index contributed by atoms with van der Waals surface area (Å²) in [6, 6.07) is 16.8. The van der Waals surface area contributed by atoms with Gasteiger partial charge in [0.2, 0.25) is 5.91 Å². The molecular formula is C16H16N2OS2. The maximum Gasteiger partial charge on any atom is 0.227 e. The van der Waals surface area contributed by atoms with Crippen LogP contribution in [0.2, 0.25) is 0 Å². The fourth-order valence-corrected chi connectivity index (χ4v) is 4.25. The molecule has 1 aliphatic rings. The van der Waals surface area contributed by atoms with E-state index in [9.17, 15) is 4.79 Å². The molecule has 21 heavy (non-hydrogen) atoms. The normalized spacial score (nSPS) is 16.5. The predicted molar refractivity (Wildman–Crippen MR) is 89.9 cm³/mol. The molecule has 0 aliphatic carbocycles. The van der Waals surface area contributed by atoms with Gasteiger partial charge in [0.15, 0.2) is 0 Å². The zero-order chi connectivity index (χ0) is 14.7. The van der Waals surface area contributed by atoms with Crippen LogP contribution in [0, 0.1) is 0 Å². The van der Waals surface area contributed by atoms with E-state index in [1.807, 2.05) is 30.0 Å². The molecule has 1 amide bonds. The van der Waals surface area contributed by atoms with Gasteiger partial charge in [-0.05, 0) is 23.8 Å². The third-order valence-corrected chi connectivity index (χ3v) is 5.57. The molecule has 3 nitrogen and oxygen atoms in total. The molecule has 108 valence electrons. The van der Waals surface area contributed by atoms with Crippen molar-refractivity contribution in [3.8, 4) is 0 Å². The SMILES string of the molecule is NC(=O)CSc1ccccc1NC1CSc2ccccc21. The molecule has 0 radical (unpaired) electrons. The lowest BCUT2D eigenvalue weighted by Gasteiger charge is -2.17. The third kappa shape index (κ3) is 3.36. The third-order valence-electron chi connectivity index (χ3n) is 3.29. The Balaban J connectivity index is 1.78. The summed E-state index contributed by atoms with van der Waals surface area (Å²) < 4.78 is 0. The number of hydrogen-bond acceptors (Lipinski definition) is 4. The van der Waals surface area contributed by atoms with Gasteiger partial charge in [-0.3, -0.25) is 4.79 Å². The topological polar surface area (TPSA) is 55.1 Å². The minimum atomic E-state index is -0.295. The van der Waals surface area contributed by atoms with Gasteiger partial charge in [-0.15, -0.1) is 23.5 Å². The van der Waals surface area contributed by atoms with Crippen molar-refractivity contribution in [2.75, 3.05) is 16.8 Å². The minimum absolute atomic E-state index is 0.295. The number of thioether (sulfide) groups is 2. The van der Waals surface area contributed by atoms with Crippen molar-refractivity contribution in [1.29, 1.82) is 0 Å². The number of primary amides is 1. The Labute approximate surface area is 132 Å². The molecule has 3 rings (SSSR count). The summed E-state index contributed by atoms with van der Waals surface area (Å²) in [6.45, 7) is 0. The molecule has 1 heterocycles. The minimum Gasteiger partial charge on any atom is -0.376 e. The highest BCUT2D eigenvalue weighted by atomic mass is 32.2. The van der Waals surface area contributed by atoms with E-state index in [1.165, 1.54) is 22.2 Å². The smallest absolute Gasteiger partial charge is 0.227 e. The maximum absolute atomic E-state index is 11.0. The fourth-order valence-electron chi connectivity index (χ4n) is 2.33. The molecule has 0 saturated carbocycles. The quantitative estimate of drug-likeness (QED) is 0.829. The van der Waals surface area contributed by atoms with Gasteiger partial charge in [0.05, 0.1) is 11.8 Å². The van der Waals surface area contributed by atoms with Gasteiger partial charge in [-0.2, -0.15) is 0 Å². The fraction of sp³-hybridized carbons (Fsp3) is 0.188. The Morgan fingerprint density at radius 2 is 2.00 bits per heavy atom. The lowest BCUT2D eigenvalue weighted by Crippen LogP contribution is -2.14. The zero-order valence-electron chi connectivity index (χ0n) is 11.4. The summed E-state index contributed by atoms with van der Waals surface area (Å²) in [6.07, 6.45) is 0. The van der Waals surface area contributed by atoms with Crippen molar-refractivity contribution in [3.05, 3.63) is 54.1 Å². The first-order chi connectivity index (χ1) is 10.2. The standard InChI is InChI=1S/C16H16N2OS2/c17-16(19)10-21-15-8-4-2-6-12(15)18-13-9-20-14-7-3-1-5-11(13)14/h1-8,13,18H,9-10H2,(H2,17,19). The number of nitrogens with one attached hydrogen (secondary N) is 1. The van der Waals surface area contributed by atoms with E-state index in [2.05, 4.69) is 35.6 Å². The van der Waals surface area contributed by atoms with Gasteiger partial charge in [0, 0.05) is 21.2 Å². The number of carbonyl (C=O) groups excluding carboxylic acids is 1. The van der Waals surface area contributed by atoms with Gasteiger partial charge >= 0.3 is 0 Å². The molecule has 2 aromatic rings. The van der Waals surface area contributed by atoms with Crippen molar-refractivity contribution in [2.24, 2.45) is 5.73 Å². The molecule has 2 aromatic carbocycles. The first-order valence-electron chi connectivity index (χ1n) is 6.72. The second-order valence-corrected chi connectivity index (χ2v) is 6.88. The van der Waals surface area contributed by atoms with E-state index in [4.69, 9.17) is 5.73 Å². The average Bonchev–Trinajstić information content (AvgIpc) is 2.90. The van der Waals surface area contributed by atoms with Gasteiger partial charge in [-0.1, -0.05) is 30.3 Å². The lowest BCUT2D eigenvalue weighted by atomic mass is 10.1. The second kappa shape index (κ2) is 6.45. The van der Waals surface area contributed by atoms with Crippen molar-refractivity contribution in [2.45, 2.75) is 15.8 Å². The number of benzene rings is 2.